The maximum Gasteiger partial charge on any atom is 0.276 e. The van der Waals surface area contributed by atoms with Crippen molar-refractivity contribution in [2.75, 3.05) is 13.2 Å². The van der Waals surface area contributed by atoms with Crippen LogP contribution < -0.4 is 25.6 Å². The van der Waals surface area contributed by atoms with Gasteiger partial charge < -0.3 is 9.47 Å². The minimum absolute atomic E-state index is 0.0534. The number of carbonyl (C=O) groups excluding carboxylic acids is 2. The van der Waals surface area contributed by atoms with Crippen LogP contribution in [-0.2, 0) is 4.79 Å². The summed E-state index contributed by atoms with van der Waals surface area (Å²) >= 11 is 14.1. The Balaban J connectivity index is 1.74. The summed E-state index contributed by atoms with van der Waals surface area (Å²) in [4.78, 5) is 24.0. The molecule has 2 aromatic carbocycles. The molecule has 29 heavy (non-hydrogen) atoms. The maximum absolute atomic E-state index is 12.2. The molecule has 0 aliphatic rings. The van der Waals surface area contributed by atoms with Gasteiger partial charge in [0.25, 0.3) is 11.8 Å². The normalized spacial score (nSPS) is 10.0. The third-order valence-electron chi connectivity index (χ3n) is 3.38. The molecule has 7 nitrogen and oxygen atoms in total. The predicted molar refractivity (Wildman–Crippen MR) is 118 cm³/mol. The molecule has 0 radical (unpaired) electrons. The van der Waals surface area contributed by atoms with E-state index in [0.29, 0.717) is 33.2 Å². The van der Waals surface area contributed by atoms with Gasteiger partial charge in [-0.25, -0.2) is 0 Å². The van der Waals surface area contributed by atoms with Crippen molar-refractivity contribution in [1.82, 2.24) is 16.2 Å². The number of benzene rings is 2. The van der Waals surface area contributed by atoms with Crippen LogP contribution >= 0.6 is 39.7 Å². The molecule has 0 bridgehead atoms. The molecule has 0 spiro atoms. The topological polar surface area (TPSA) is 88.7 Å². The van der Waals surface area contributed by atoms with Gasteiger partial charge in [0.15, 0.2) is 11.7 Å². The van der Waals surface area contributed by atoms with Crippen LogP contribution in [0.5, 0.6) is 11.5 Å². The lowest BCUT2D eigenvalue weighted by Gasteiger charge is -2.12. The summed E-state index contributed by atoms with van der Waals surface area (Å²) in [5.74, 6) is 0.247. The van der Waals surface area contributed by atoms with E-state index in [1.54, 1.807) is 42.5 Å². The van der Waals surface area contributed by atoms with Crippen LogP contribution in [-0.4, -0.2) is 30.1 Å². The first-order chi connectivity index (χ1) is 13.9. The Morgan fingerprint density at radius 3 is 2.48 bits per heavy atom. The molecule has 0 aliphatic carbocycles. The van der Waals surface area contributed by atoms with Crippen molar-refractivity contribution in [2.24, 2.45) is 0 Å². The quantitative estimate of drug-likeness (QED) is 0.398. The summed E-state index contributed by atoms with van der Waals surface area (Å²) in [6, 6.07) is 11.6. The highest BCUT2D eigenvalue weighted by atomic mass is 79.9. The van der Waals surface area contributed by atoms with Crippen molar-refractivity contribution in [1.29, 1.82) is 0 Å². The number of rotatable bonds is 7. The average molecular weight is 501 g/mol. The molecule has 0 saturated heterocycles. The van der Waals surface area contributed by atoms with Gasteiger partial charge in [-0.15, -0.1) is 0 Å². The van der Waals surface area contributed by atoms with E-state index < -0.39 is 11.8 Å². The fraction of sp³-hybridized carbons (Fsp3) is 0.211. The second-order valence-corrected chi connectivity index (χ2v) is 7.39. The number of thiocarbonyl (C=S) groups is 1. The Labute approximate surface area is 187 Å². The number of ether oxygens (including phenoxy) is 2. The smallest absolute Gasteiger partial charge is 0.276 e. The van der Waals surface area contributed by atoms with E-state index >= 15 is 0 Å². The molecule has 3 N–H and O–H groups in total. The monoisotopic (exact) mass is 499 g/mol. The summed E-state index contributed by atoms with van der Waals surface area (Å²) in [5.41, 5.74) is 5.19. The molecule has 0 atom stereocenters. The first-order valence-corrected chi connectivity index (χ1v) is 10.2. The van der Waals surface area contributed by atoms with Crippen LogP contribution in [0.25, 0.3) is 0 Å². The first-order valence-electron chi connectivity index (χ1n) is 8.60. The number of carbonyl (C=O) groups is 2. The van der Waals surface area contributed by atoms with Gasteiger partial charge in [0.2, 0.25) is 0 Å². The fourth-order valence-corrected chi connectivity index (χ4v) is 2.97. The molecule has 10 heteroatoms. The van der Waals surface area contributed by atoms with E-state index in [-0.39, 0.29) is 11.7 Å². The van der Waals surface area contributed by atoms with Gasteiger partial charge in [0, 0.05) is 10.6 Å². The van der Waals surface area contributed by atoms with E-state index in [4.69, 9.17) is 33.3 Å². The lowest BCUT2D eigenvalue weighted by Crippen LogP contribution is -2.49. The summed E-state index contributed by atoms with van der Waals surface area (Å²) in [5, 5.41) is 2.95. The van der Waals surface area contributed by atoms with Gasteiger partial charge in [0.1, 0.15) is 11.5 Å². The van der Waals surface area contributed by atoms with Crippen molar-refractivity contribution >= 4 is 56.7 Å². The largest absolute Gasteiger partial charge is 0.494 e. The fourth-order valence-electron chi connectivity index (χ4n) is 2.03. The van der Waals surface area contributed by atoms with Crippen molar-refractivity contribution in [3.05, 3.63) is 57.5 Å². The molecule has 2 rings (SSSR count). The molecule has 0 unspecified atom stereocenters. The highest BCUT2D eigenvalue weighted by Gasteiger charge is 2.10. The van der Waals surface area contributed by atoms with E-state index in [0.717, 1.165) is 6.42 Å². The SMILES string of the molecule is CCCOc1ccc(C(=O)NC(=S)NNC(=O)COc2ccc(Cl)cc2Br)cc1. The van der Waals surface area contributed by atoms with Crippen LogP contribution in [0, 0.1) is 0 Å². The summed E-state index contributed by atoms with van der Waals surface area (Å²) in [6.45, 7) is 2.36. The Morgan fingerprint density at radius 1 is 1.10 bits per heavy atom. The summed E-state index contributed by atoms with van der Waals surface area (Å²) < 4.78 is 11.5. The van der Waals surface area contributed by atoms with E-state index in [2.05, 4.69) is 32.1 Å². The Bertz CT molecular complexity index is 880. The molecular formula is C19H19BrClN3O4S. The standard InChI is InChI=1S/C19H19BrClN3O4S/c1-2-9-27-14-6-3-12(4-7-14)18(26)22-19(29)24-23-17(25)11-28-16-8-5-13(21)10-15(16)20/h3-8,10H,2,9,11H2,1H3,(H,23,25)(H2,22,24,26,29). The van der Waals surface area contributed by atoms with E-state index in [1.165, 1.54) is 0 Å². The summed E-state index contributed by atoms with van der Waals surface area (Å²) in [6.07, 6.45) is 0.899. The highest BCUT2D eigenvalue weighted by Crippen LogP contribution is 2.27. The Kier molecular flexibility index (Phi) is 9.17. The van der Waals surface area contributed by atoms with Crippen molar-refractivity contribution in [3.8, 4) is 11.5 Å². The molecule has 0 aromatic heterocycles. The van der Waals surface area contributed by atoms with Gasteiger partial charge in [-0.2, -0.15) is 0 Å². The number of nitrogens with one attached hydrogen (secondary N) is 3. The minimum atomic E-state index is -0.485. The van der Waals surface area contributed by atoms with Crippen LogP contribution in [0.4, 0.5) is 0 Å². The molecule has 154 valence electrons. The molecule has 0 fully saturated rings. The van der Waals surface area contributed by atoms with E-state index in [9.17, 15) is 9.59 Å². The zero-order valence-electron chi connectivity index (χ0n) is 15.5. The molecule has 0 saturated carbocycles. The number of halogens is 2. The number of hydrazine groups is 1. The molecular weight excluding hydrogens is 482 g/mol. The van der Waals surface area contributed by atoms with Gasteiger partial charge >= 0.3 is 0 Å². The predicted octanol–water partition coefficient (Wildman–Crippen LogP) is 3.61. The second-order valence-electron chi connectivity index (χ2n) is 5.69. The average Bonchev–Trinajstić information content (AvgIpc) is 2.70. The van der Waals surface area contributed by atoms with Crippen LogP contribution in [0.15, 0.2) is 46.9 Å². The minimum Gasteiger partial charge on any atom is -0.494 e. The van der Waals surface area contributed by atoms with Crippen molar-refractivity contribution in [2.45, 2.75) is 13.3 Å². The van der Waals surface area contributed by atoms with Crippen molar-refractivity contribution in [3.63, 3.8) is 0 Å². The Morgan fingerprint density at radius 2 is 1.83 bits per heavy atom. The van der Waals surface area contributed by atoms with Crippen LogP contribution in [0.2, 0.25) is 5.02 Å². The zero-order chi connectivity index (χ0) is 21.2. The Hall–Kier alpha value is -2.36. The molecule has 0 aliphatic heterocycles. The zero-order valence-corrected chi connectivity index (χ0v) is 18.6. The lowest BCUT2D eigenvalue weighted by molar-refractivity contribution is -0.123. The van der Waals surface area contributed by atoms with Gasteiger partial charge in [0.05, 0.1) is 11.1 Å². The third kappa shape index (κ3) is 7.88. The third-order valence-corrected chi connectivity index (χ3v) is 4.44. The number of hydrogen-bond acceptors (Lipinski definition) is 5. The van der Waals surface area contributed by atoms with Gasteiger partial charge in [-0.1, -0.05) is 18.5 Å². The number of hydrogen-bond donors (Lipinski definition) is 3. The van der Waals surface area contributed by atoms with Crippen molar-refractivity contribution < 1.29 is 19.1 Å². The van der Waals surface area contributed by atoms with Crippen LogP contribution in [0.1, 0.15) is 23.7 Å². The lowest BCUT2D eigenvalue weighted by atomic mass is 10.2. The highest BCUT2D eigenvalue weighted by molar-refractivity contribution is 9.10. The van der Waals surface area contributed by atoms with Crippen LogP contribution in [0.3, 0.4) is 0 Å². The second kappa shape index (κ2) is 11.6. The van der Waals surface area contributed by atoms with Gasteiger partial charge in [-0.05, 0) is 77.0 Å². The first kappa shape index (κ1) is 22.9. The van der Waals surface area contributed by atoms with Gasteiger partial charge in [-0.3, -0.25) is 25.8 Å². The number of amides is 2. The molecule has 2 amide bonds. The molecule has 0 heterocycles. The van der Waals surface area contributed by atoms with E-state index in [1.807, 2.05) is 6.92 Å². The molecule has 2 aromatic rings. The maximum atomic E-state index is 12.2. The summed E-state index contributed by atoms with van der Waals surface area (Å²) in [7, 11) is 0.